The first-order valence-electron chi connectivity index (χ1n) is 8.36. The number of aromatic nitrogens is 2. The van der Waals surface area contributed by atoms with Gasteiger partial charge in [0.25, 0.3) is 0 Å². The van der Waals surface area contributed by atoms with Gasteiger partial charge in [-0.1, -0.05) is 0 Å². The smallest absolute Gasteiger partial charge is 0.330 e. The Labute approximate surface area is 156 Å². The summed E-state index contributed by atoms with van der Waals surface area (Å²) < 4.78 is 23.4. The molecule has 1 aromatic heterocycles. The molecule has 0 aliphatic rings. The van der Waals surface area contributed by atoms with Gasteiger partial charge in [-0.25, -0.2) is 19.2 Å². The highest BCUT2D eigenvalue weighted by molar-refractivity contribution is 5.86. The van der Waals surface area contributed by atoms with Crippen LogP contribution in [0.1, 0.15) is 12.6 Å². The third kappa shape index (κ3) is 5.22. The van der Waals surface area contributed by atoms with E-state index in [1.54, 1.807) is 49.5 Å². The van der Waals surface area contributed by atoms with Crippen molar-refractivity contribution in [3.8, 4) is 22.9 Å². The molecule has 2 aromatic carbocycles. The molecule has 0 saturated carbocycles. The molecule has 0 fully saturated rings. The third-order valence-electron chi connectivity index (χ3n) is 3.52. The van der Waals surface area contributed by atoms with Crippen molar-refractivity contribution in [3.63, 3.8) is 0 Å². The average Bonchev–Trinajstić information content (AvgIpc) is 2.69. The van der Waals surface area contributed by atoms with Crippen LogP contribution in [0.3, 0.4) is 0 Å². The van der Waals surface area contributed by atoms with Crippen molar-refractivity contribution in [1.29, 1.82) is 0 Å². The molecule has 0 radical (unpaired) electrons. The van der Waals surface area contributed by atoms with Gasteiger partial charge in [0.15, 0.2) is 5.82 Å². The largest absolute Gasteiger partial charge is 0.463 e. The Morgan fingerprint density at radius 3 is 2.37 bits per heavy atom. The first-order chi connectivity index (χ1) is 13.1. The van der Waals surface area contributed by atoms with Crippen LogP contribution < -0.4 is 4.74 Å². The second kappa shape index (κ2) is 8.71. The number of halogens is 1. The molecule has 0 unspecified atom stereocenters. The number of ether oxygens (including phenoxy) is 2. The van der Waals surface area contributed by atoms with Gasteiger partial charge in [-0.05, 0) is 67.6 Å². The highest BCUT2D eigenvalue weighted by Crippen LogP contribution is 2.24. The zero-order chi connectivity index (χ0) is 19.1. The van der Waals surface area contributed by atoms with Crippen LogP contribution in [-0.4, -0.2) is 22.5 Å². The fourth-order valence-corrected chi connectivity index (χ4v) is 2.26. The van der Waals surface area contributed by atoms with Gasteiger partial charge in [0.05, 0.1) is 12.3 Å². The van der Waals surface area contributed by atoms with Gasteiger partial charge in [-0.15, -0.1) is 0 Å². The molecule has 0 atom stereocenters. The molecule has 3 rings (SSSR count). The average molecular weight is 364 g/mol. The Balaban J connectivity index is 1.72. The number of rotatable bonds is 6. The first kappa shape index (κ1) is 18.3. The normalized spacial score (nSPS) is 10.7. The Kier molecular flexibility index (Phi) is 5.89. The maximum atomic E-state index is 12.9. The number of carbonyl (C=O) groups is 1. The number of nitrogens with zero attached hydrogens (tertiary/aromatic N) is 2. The van der Waals surface area contributed by atoms with E-state index in [0.29, 0.717) is 29.6 Å². The minimum atomic E-state index is -0.417. The molecule has 1 heterocycles. The van der Waals surface area contributed by atoms with Crippen LogP contribution in [0.5, 0.6) is 11.5 Å². The van der Waals surface area contributed by atoms with Crippen LogP contribution >= 0.6 is 0 Å². The van der Waals surface area contributed by atoms with Gasteiger partial charge in [0.1, 0.15) is 17.3 Å². The molecule has 136 valence electrons. The zero-order valence-electron chi connectivity index (χ0n) is 14.6. The molecule has 3 aromatic rings. The molecule has 27 heavy (non-hydrogen) atoms. The Morgan fingerprint density at radius 2 is 1.70 bits per heavy atom. The van der Waals surface area contributed by atoms with Gasteiger partial charge in [-0.2, -0.15) is 0 Å². The highest BCUT2D eigenvalue weighted by Gasteiger charge is 2.04. The Bertz CT molecular complexity index is 938. The fraction of sp³-hybridized carbons (Fsp3) is 0.0952. The standard InChI is InChI=1S/C21H17FN2O3/c1-2-26-20(25)12-7-17-13-14-23-21(24-17)15-3-8-18(9-4-15)27-19-10-5-16(22)6-11-19/h3-14H,2H2,1H3/b12-7+. The number of benzene rings is 2. The van der Waals surface area contributed by atoms with Crippen molar-refractivity contribution in [2.45, 2.75) is 6.92 Å². The molecule has 0 bridgehead atoms. The van der Waals surface area contributed by atoms with E-state index in [2.05, 4.69) is 9.97 Å². The zero-order valence-corrected chi connectivity index (χ0v) is 14.6. The molecule has 0 amide bonds. The topological polar surface area (TPSA) is 61.3 Å². The molecule has 0 aliphatic heterocycles. The fourth-order valence-electron chi connectivity index (χ4n) is 2.26. The minimum Gasteiger partial charge on any atom is -0.463 e. The summed E-state index contributed by atoms with van der Waals surface area (Å²) in [6, 6.07) is 14.7. The predicted molar refractivity (Wildman–Crippen MR) is 99.6 cm³/mol. The maximum Gasteiger partial charge on any atom is 0.330 e. The summed E-state index contributed by atoms with van der Waals surface area (Å²) >= 11 is 0. The predicted octanol–water partition coefficient (Wildman–Crippen LogP) is 4.65. The van der Waals surface area contributed by atoms with E-state index in [-0.39, 0.29) is 5.82 Å². The van der Waals surface area contributed by atoms with Crippen molar-refractivity contribution in [2.75, 3.05) is 6.61 Å². The number of carbonyl (C=O) groups excluding carboxylic acids is 1. The summed E-state index contributed by atoms with van der Waals surface area (Å²) in [4.78, 5) is 20.1. The molecular weight excluding hydrogens is 347 g/mol. The summed E-state index contributed by atoms with van der Waals surface area (Å²) in [6.07, 6.45) is 4.53. The maximum absolute atomic E-state index is 12.9. The lowest BCUT2D eigenvalue weighted by Crippen LogP contribution is -1.99. The lowest BCUT2D eigenvalue weighted by atomic mass is 10.2. The van der Waals surface area contributed by atoms with E-state index in [0.717, 1.165) is 5.56 Å². The molecule has 0 saturated heterocycles. The van der Waals surface area contributed by atoms with E-state index < -0.39 is 5.97 Å². The molecule has 5 nitrogen and oxygen atoms in total. The van der Waals surface area contributed by atoms with Crippen molar-refractivity contribution < 1.29 is 18.7 Å². The van der Waals surface area contributed by atoms with Crippen LogP contribution in [0, 0.1) is 5.82 Å². The van der Waals surface area contributed by atoms with Crippen molar-refractivity contribution in [1.82, 2.24) is 9.97 Å². The van der Waals surface area contributed by atoms with Crippen LogP contribution in [0.15, 0.2) is 66.9 Å². The second-order valence-corrected chi connectivity index (χ2v) is 5.47. The van der Waals surface area contributed by atoms with Crippen molar-refractivity contribution in [3.05, 3.63) is 78.4 Å². The van der Waals surface area contributed by atoms with Crippen LogP contribution in [0.2, 0.25) is 0 Å². The summed E-state index contributed by atoms with van der Waals surface area (Å²) in [5.41, 5.74) is 1.40. The van der Waals surface area contributed by atoms with Gasteiger partial charge in [0.2, 0.25) is 0 Å². The number of hydrogen-bond donors (Lipinski definition) is 0. The van der Waals surface area contributed by atoms with Crippen molar-refractivity contribution >= 4 is 12.0 Å². The molecular formula is C21H17FN2O3. The lowest BCUT2D eigenvalue weighted by Gasteiger charge is -2.06. The molecule has 0 N–H and O–H groups in total. The third-order valence-corrected chi connectivity index (χ3v) is 3.52. The highest BCUT2D eigenvalue weighted by atomic mass is 19.1. The second-order valence-electron chi connectivity index (χ2n) is 5.47. The monoisotopic (exact) mass is 364 g/mol. The molecule has 6 heteroatoms. The van der Waals surface area contributed by atoms with E-state index in [1.807, 2.05) is 12.1 Å². The summed E-state index contributed by atoms with van der Waals surface area (Å²) in [7, 11) is 0. The Hall–Kier alpha value is -3.54. The number of esters is 1. The van der Waals surface area contributed by atoms with Gasteiger partial charge >= 0.3 is 5.97 Å². The van der Waals surface area contributed by atoms with E-state index in [9.17, 15) is 9.18 Å². The van der Waals surface area contributed by atoms with Gasteiger partial charge in [0, 0.05) is 17.8 Å². The summed E-state index contributed by atoms with van der Waals surface area (Å²) in [5.74, 6) is 0.955. The molecule has 0 aliphatic carbocycles. The van der Waals surface area contributed by atoms with Crippen molar-refractivity contribution in [2.24, 2.45) is 0 Å². The van der Waals surface area contributed by atoms with E-state index >= 15 is 0 Å². The van der Waals surface area contributed by atoms with Gasteiger partial charge in [-0.3, -0.25) is 0 Å². The van der Waals surface area contributed by atoms with Gasteiger partial charge < -0.3 is 9.47 Å². The van der Waals surface area contributed by atoms with Crippen LogP contribution in [0.4, 0.5) is 4.39 Å². The van der Waals surface area contributed by atoms with E-state index in [1.165, 1.54) is 18.2 Å². The van der Waals surface area contributed by atoms with Crippen LogP contribution in [0.25, 0.3) is 17.5 Å². The summed E-state index contributed by atoms with van der Waals surface area (Å²) in [6.45, 7) is 2.07. The quantitative estimate of drug-likeness (QED) is 0.471. The SMILES string of the molecule is CCOC(=O)/C=C/c1ccnc(-c2ccc(Oc3ccc(F)cc3)cc2)n1. The molecule has 0 spiro atoms. The minimum absolute atomic E-state index is 0.313. The Morgan fingerprint density at radius 1 is 1.04 bits per heavy atom. The van der Waals surface area contributed by atoms with Crippen LogP contribution in [-0.2, 0) is 9.53 Å². The number of hydrogen-bond acceptors (Lipinski definition) is 5. The van der Waals surface area contributed by atoms with E-state index in [4.69, 9.17) is 9.47 Å². The lowest BCUT2D eigenvalue weighted by molar-refractivity contribution is -0.137. The first-order valence-corrected chi connectivity index (χ1v) is 8.36. The summed E-state index contributed by atoms with van der Waals surface area (Å²) in [5, 5.41) is 0.